The van der Waals surface area contributed by atoms with Gasteiger partial charge in [-0.05, 0) is 31.2 Å². The Morgan fingerprint density at radius 2 is 2.33 bits per heavy atom. The molecule has 1 N–H and O–H groups in total. The molecule has 0 aromatic carbocycles. The van der Waals surface area contributed by atoms with E-state index in [1.807, 2.05) is 42.5 Å². The molecule has 1 aliphatic heterocycles. The average Bonchev–Trinajstić information content (AvgIpc) is 3.17. The smallest absolute Gasteiger partial charge is 0.264 e. The second kappa shape index (κ2) is 5.81. The topological polar surface area (TPSA) is 58.1 Å². The number of amides is 1. The van der Waals surface area contributed by atoms with Gasteiger partial charge in [0.15, 0.2) is 0 Å². The number of nitrogens with one attached hydrogen (secondary N) is 1. The van der Waals surface area contributed by atoms with Crippen molar-refractivity contribution >= 4 is 23.1 Å². The fourth-order valence-electron chi connectivity index (χ4n) is 2.75. The zero-order valence-corrected chi connectivity index (χ0v) is 13.0. The Hall–Kier alpha value is -1.95. The molecule has 2 aromatic heterocycles. The molecule has 5 nitrogen and oxygen atoms in total. The molecule has 6 heteroatoms. The van der Waals surface area contributed by atoms with Crippen molar-refractivity contribution in [1.29, 1.82) is 0 Å². The van der Waals surface area contributed by atoms with Gasteiger partial charge in [-0.2, -0.15) is 0 Å². The summed E-state index contributed by atoms with van der Waals surface area (Å²) in [6, 6.07) is 5.79. The van der Waals surface area contributed by atoms with E-state index in [-0.39, 0.29) is 11.9 Å². The van der Waals surface area contributed by atoms with Gasteiger partial charge in [-0.1, -0.05) is 6.07 Å². The fraction of sp³-hybridized carbons (Fsp3) is 0.400. The summed E-state index contributed by atoms with van der Waals surface area (Å²) in [6.45, 7) is 2.67. The molecule has 1 atom stereocenters. The number of aryl methyl sites for hydroxylation is 1. The standard InChI is InChI=1S/C15H18N4OS/c1-10-17-11(9-14(16-2)18-10)12-5-3-7-19(12)15(20)13-6-4-8-21-13/h4,6,8-9,12H,3,5,7H2,1-2H3,(H,16,17,18). The minimum atomic E-state index is 0.0494. The van der Waals surface area contributed by atoms with E-state index in [1.165, 1.54) is 11.3 Å². The van der Waals surface area contributed by atoms with Crippen molar-refractivity contribution in [2.75, 3.05) is 18.9 Å². The Morgan fingerprint density at radius 1 is 1.48 bits per heavy atom. The van der Waals surface area contributed by atoms with Crippen molar-refractivity contribution in [3.63, 3.8) is 0 Å². The van der Waals surface area contributed by atoms with Crippen LogP contribution in [0.3, 0.4) is 0 Å². The molecule has 0 bridgehead atoms. The lowest BCUT2D eigenvalue weighted by Gasteiger charge is -2.24. The monoisotopic (exact) mass is 302 g/mol. The number of carbonyl (C=O) groups excluding carboxylic acids is 1. The van der Waals surface area contributed by atoms with Gasteiger partial charge in [-0.3, -0.25) is 4.79 Å². The molecule has 0 radical (unpaired) electrons. The third-order valence-electron chi connectivity index (χ3n) is 3.70. The van der Waals surface area contributed by atoms with Crippen molar-refractivity contribution in [2.24, 2.45) is 0 Å². The molecule has 110 valence electrons. The predicted molar refractivity (Wildman–Crippen MR) is 83.6 cm³/mol. The summed E-state index contributed by atoms with van der Waals surface area (Å²) in [4.78, 5) is 24.2. The van der Waals surface area contributed by atoms with Gasteiger partial charge in [0.1, 0.15) is 11.6 Å². The Bertz CT molecular complexity index is 641. The summed E-state index contributed by atoms with van der Waals surface area (Å²) in [5.41, 5.74) is 0.925. The largest absolute Gasteiger partial charge is 0.373 e. The van der Waals surface area contributed by atoms with Gasteiger partial charge in [-0.15, -0.1) is 11.3 Å². The lowest BCUT2D eigenvalue weighted by molar-refractivity contribution is 0.0737. The van der Waals surface area contributed by atoms with Crippen molar-refractivity contribution in [1.82, 2.24) is 14.9 Å². The van der Waals surface area contributed by atoms with E-state index in [0.29, 0.717) is 0 Å². The van der Waals surface area contributed by atoms with Crippen LogP contribution in [0.2, 0.25) is 0 Å². The van der Waals surface area contributed by atoms with Crippen LogP contribution >= 0.6 is 11.3 Å². The maximum absolute atomic E-state index is 12.6. The number of nitrogens with zero attached hydrogens (tertiary/aromatic N) is 3. The molecule has 3 rings (SSSR count). The van der Waals surface area contributed by atoms with Crippen LogP contribution in [0.1, 0.15) is 40.1 Å². The van der Waals surface area contributed by atoms with Crippen LogP contribution in [-0.2, 0) is 0 Å². The molecule has 3 heterocycles. The lowest BCUT2D eigenvalue weighted by Crippen LogP contribution is -2.30. The van der Waals surface area contributed by atoms with Crippen LogP contribution in [0, 0.1) is 6.92 Å². The molecule has 1 unspecified atom stereocenters. The third kappa shape index (κ3) is 2.76. The summed E-state index contributed by atoms with van der Waals surface area (Å²) in [5.74, 6) is 1.63. The second-order valence-corrected chi connectivity index (χ2v) is 6.06. The van der Waals surface area contributed by atoms with Gasteiger partial charge < -0.3 is 10.2 Å². The molecule has 0 aliphatic carbocycles. The number of hydrogen-bond acceptors (Lipinski definition) is 5. The highest BCUT2D eigenvalue weighted by atomic mass is 32.1. The first-order valence-electron chi connectivity index (χ1n) is 7.07. The summed E-state index contributed by atoms with van der Waals surface area (Å²) in [7, 11) is 1.84. The molecular weight excluding hydrogens is 284 g/mol. The predicted octanol–water partition coefficient (Wildman–Crippen LogP) is 2.87. The van der Waals surface area contributed by atoms with Crippen molar-refractivity contribution in [3.8, 4) is 0 Å². The maximum Gasteiger partial charge on any atom is 0.264 e. The molecule has 1 fully saturated rings. The highest BCUT2D eigenvalue weighted by molar-refractivity contribution is 7.12. The summed E-state index contributed by atoms with van der Waals surface area (Å²) in [5, 5.41) is 4.99. The van der Waals surface area contributed by atoms with Gasteiger partial charge in [0, 0.05) is 19.7 Å². The minimum Gasteiger partial charge on any atom is -0.373 e. The van der Waals surface area contributed by atoms with Gasteiger partial charge in [0.2, 0.25) is 0 Å². The first kappa shape index (κ1) is 14.0. The normalized spacial score (nSPS) is 18.0. The Morgan fingerprint density at radius 3 is 3.05 bits per heavy atom. The van der Waals surface area contributed by atoms with E-state index in [1.54, 1.807) is 0 Å². The van der Waals surface area contributed by atoms with Gasteiger partial charge in [-0.25, -0.2) is 9.97 Å². The highest BCUT2D eigenvalue weighted by Crippen LogP contribution is 2.33. The van der Waals surface area contributed by atoms with Crippen molar-refractivity contribution in [2.45, 2.75) is 25.8 Å². The number of likely N-dealkylation sites (tertiary alicyclic amines) is 1. The van der Waals surface area contributed by atoms with Crippen LogP contribution in [0.25, 0.3) is 0 Å². The SMILES string of the molecule is CNc1cc(C2CCCN2C(=O)c2cccs2)nc(C)n1. The van der Waals surface area contributed by atoms with Crippen LogP contribution in [0.5, 0.6) is 0 Å². The minimum absolute atomic E-state index is 0.0494. The Labute approximate surface area is 128 Å². The molecule has 1 amide bonds. The number of anilines is 1. The average molecular weight is 302 g/mol. The molecule has 2 aromatic rings. The van der Waals surface area contributed by atoms with E-state index in [9.17, 15) is 4.79 Å². The van der Waals surface area contributed by atoms with Crippen LogP contribution in [0.4, 0.5) is 5.82 Å². The van der Waals surface area contributed by atoms with Crippen LogP contribution in [-0.4, -0.2) is 34.4 Å². The lowest BCUT2D eigenvalue weighted by atomic mass is 10.1. The molecule has 1 saturated heterocycles. The highest BCUT2D eigenvalue weighted by Gasteiger charge is 2.32. The first-order chi connectivity index (χ1) is 10.2. The number of aromatic nitrogens is 2. The van der Waals surface area contributed by atoms with Crippen LogP contribution < -0.4 is 5.32 Å². The maximum atomic E-state index is 12.6. The summed E-state index contributed by atoms with van der Waals surface area (Å²) >= 11 is 1.49. The third-order valence-corrected chi connectivity index (χ3v) is 4.56. The van der Waals surface area contributed by atoms with Gasteiger partial charge >= 0.3 is 0 Å². The molecule has 0 saturated carbocycles. The second-order valence-electron chi connectivity index (χ2n) is 5.11. The van der Waals surface area contributed by atoms with E-state index in [0.717, 1.165) is 41.6 Å². The number of hydrogen-bond donors (Lipinski definition) is 1. The quantitative estimate of drug-likeness (QED) is 0.947. The van der Waals surface area contributed by atoms with E-state index >= 15 is 0 Å². The number of carbonyl (C=O) groups is 1. The van der Waals surface area contributed by atoms with Crippen LogP contribution in [0.15, 0.2) is 23.6 Å². The number of thiophene rings is 1. The molecular formula is C15H18N4OS. The number of rotatable bonds is 3. The van der Waals surface area contributed by atoms with Crippen molar-refractivity contribution < 1.29 is 4.79 Å². The van der Waals surface area contributed by atoms with Crippen molar-refractivity contribution in [3.05, 3.63) is 40.0 Å². The zero-order chi connectivity index (χ0) is 14.8. The van der Waals surface area contributed by atoms with E-state index < -0.39 is 0 Å². The molecule has 1 aliphatic rings. The van der Waals surface area contributed by atoms with Gasteiger partial charge in [0.05, 0.1) is 16.6 Å². The zero-order valence-electron chi connectivity index (χ0n) is 12.2. The summed E-state index contributed by atoms with van der Waals surface area (Å²) < 4.78 is 0. The molecule has 0 spiro atoms. The Balaban J connectivity index is 1.90. The van der Waals surface area contributed by atoms with E-state index in [4.69, 9.17) is 0 Å². The molecule has 21 heavy (non-hydrogen) atoms. The Kier molecular flexibility index (Phi) is 3.88. The first-order valence-corrected chi connectivity index (χ1v) is 7.95. The van der Waals surface area contributed by atoms with Gasteiger partial charge in [0.25, 0.3) is 5.91 Å². The van der Waals surface area contributed by atoms with E-state index in [2.05, 4.69) is 15.3 Å². The fourth-order valence-corrected chi connectivity index (χ4v) is 3.43. The summed E-state index contributed by atoms with van der Waals surface area (Å²) in [6.07, 6.45) is 1.97.